The van der Waals surface area contributed by atoms with Gasteiger partial charge in [-0.05, 0) is 45.2 Å². The van der Waals surface area contributed by atoms with E-state index in [1.54, 1.807) is 32.0 Å². The smallest absolute Gasteiger partial charge is 0.309 e. The van der Waals surface area contributed by atoms with Crippen LogP contribution in [0, 0.1) is 5.41 Å². The van der Waals surface area contributed by atoms with Crippen molar-refractivity contribution < 1.29 is 14.6 Å². The van der Waals surface area contributed by atoms with E-state index in [0.717, 1.165) is 12.8 Å². The van der Waals surface area contributed by atoms with Gasteiger partial charge in [-0.3, -0.25) is 4.79 Å². The van der Waals surface area contributed by atoms with E-state index in [1.165, 1.54) is 0 Å². The molecule has 0 spiro atoms. The molecular formula is C14H18Cl2O3. The summed E-state index contributed by atoms with van der Waals surface area (Å²) in [5.41, 5.74) is -0.687. The number of hydrogen-bond acceptors (Lipinski definition) is 2. The summed E-state index contributed by atoms with van der Waals surface area (Å²) in [4.78, 5) is 10.9. The Hall–Kier alpha value is -0.930. The maximum absolute atomic E-state index is 10.9. The molecule has 106 valence electrons. The van der Waals surface area contributed by atoms with Crippen molar-refractivity contribution in [3.05, 3.63) is 28.2 Å². The van der Waals surface area contributed by atoms with Crippen LogP contribution in [-0.2, 0) is 4.79 Å². The summed E-state index contributed by atoms with van der Waals surface area (Å²) in [7, 11) is 0. The number of benzene rings is 1. The molecule has 19 heavy (non-hydrogen) atoms. The summed E-state index contributed by atoms with van der Waals surface area (Å²) < 4.78 is 5.53. The molecule has 0 saturated carbocycles. The van der Waals surface area contributed by atoms with Crippen LogP contribution in [0.15, 0.2) is 18.2 Å². The second-order valence-corrected chi connectivity index (χ2v) is 5.91. The average molecular weight is 305 g/mol. The van der Waals surface area contributed by atoms with E-state index < -0.39 is 11.4 Å². The molecule has 1 rings (SSSR count). The molecule has 1 N–H and O–H groups in total. The summed E-state index contributed by atoms with van der Waals surface area (Å²) in [6.07, 6.45) is 2.19. The van der Waals surface area contributed by atoms with Crippen molar-refractivity contribution in [3.8, 4) is 5.75 Å². The van der Waals surface area contributed by atoms with E-state index >= 15 is 0 Å². The molecule has 0 heterocycles. The highest BCUT2D eigenvalue weighted by Gasteiger charge is 2.25. The van der Waals surface area contributed by atoms with Gasteiger partial charge in [-0.2, -0.15) is 0 Å². The van der Waals surface area contributed by atoms with E-state index in [-0.39, 0.29) is 0 Å². The topological polar surface area (TPSA) is 46.5 Å². The van der Waals surface area contributed by atoms with Gasteiger partial charge in [-0.1, -0.05) is 23.2 Å². The summed E-state index contributed by atoms with van der Waals surface area (Å²) >= 11 is 11.8. The Bertz CT molecular complexity index is 444. The lowest BCUT2D eigenvalue weighted by Gasteiger charge is -2.18. The van der Waals surface area contributed by atoms with Crippen LogP contribution in [0.3, 0.4) is 0 Å². The Morgan fingerprint density at radius 1 is 1.32 bits per heavy atom. The fraction of sp³-hybridized carbons (Fsp3) is 0.500. The van der Waals surface area contributed by atoms with E-state index in [9.17, 15) is 4.79 Å². The number of rotatable bonds is 7. The fourth-order valence-electron chi connectivity index (χ4n) is 1.55. The highest BCUT2D eigenvalue weighted by Crippen LogP contribution is 2.28. The minimum atomic E-state index is -0.772. The third-order valence-electron chi connectivity index (χ3n) is 2.93. The molecule has 0 atom stereocenters. The van der Waals surface area contributed by atoms with Gasteiger partial charge in [0.15, 0.2) is 0 Å². The van der Waals surface area contributed by atoms with Crippen LogP contribution in [-0.4, -0.2) is 17.7 Å². The van der Waals surface area contributed by atoms with Crippen LogP contribution < -0.4 is 4.74 Å². The number of hydrogen-bond donors (Lipinski definition) is 1. The molecule has 0 fully saturated rings. The normalized spacial score (nSPS) is 11.4. The van der Waals surface area contributed by atoms with Crippen LogP contribution in [0.1, 0.15) is 33.1 Å². The second kappa shape index (κ2) is 7.01. The molecule has 0 amide bonds. The third kappa shape index (κ3) is 5.29. The predicted octanol–water partition coefficient (Wildman–Crippen LogP) is 4.65. The predicted molar refractivity (Wildman–Crippen MR) is 77.2 cm³/mol. The molecule has 1 aromatic carbocycles. The second-order valence-electron chi connectivity index (χ2n) is 5.07. The van der Waals surface area contributed by atoms with Crippen molar-refractivity contribution in [3.63, 3.8) is 0 Å². The zero-order chi connectivity index (χ0) is 14.5. The molecule has 3 nitrogen and oxygen atoms in total. The number of carbonyl (C=O) groups is 1. The molecule has 0 unspecified atom stereocenters. The zero-order valence-corrected chi connectivity index (χ0v) is 12.6. The fourth-order valence-corrected chi connectivity index (χ4v) is 1.88. The summed E-state index contributed by atoms with van der Waals surface area (Å²) in [6.45, 7) is 3.95. The molecule has 5 heteroatoms. The molecule has 0 radical (unpaired) electrons. The minimum Gasteiger partial charge on any atom is -0.492 e. The van der Waals surface area contributed by atoms with Gasteiger partial charge >= 0.3 is 5.97 Å². The van der Waals surface area contributed by atoms with Crippen LogP contribution in [0.2, 0.25) is 10.0 Å². The Labute approximate surface area is 123 Å². The summed E-state index contributed by atoms with van der Waals surface area (Å²) in [6, 6.07) is 5.06. The van der Waals surface area contributed by atoms with Crippen molar-refractivity contribution in [2.24, 2.45) is 5.41 Å². The van der Waals surface area contributed by atoms with Gasteiger partial charge in [-0.25, -0.2) is 0 Å². The Kier molecular flexibility index (Phi) is 5.95. The lowest BCUT2D eigenvalue weighted by molar-refractivity contribution is -0.147. The number of carboxylic acids is 1. The lowest BCUT2D eigenvalue weighted by Crippen LogP contribution is -2.23. The highest BCUT2D eigenvalue weighted by molar-refractivity contribution is 6.34. The molecule has 0 aromatic heterocycles. The molecular weight excluding hydrogens is 287 g/mol. The standard InChI is InChI=1S/C14H18Cl2O3/c1-14(2,13(17)18)7-3-4-8-19-12-9-10(15)5-6-11(12)16/h5-6,9H,3-4,7-8H2,1-2H3,(H,17,18). The molecule has 1 aromatic rings. The summed E-state index contributed by atoms with van der Waals surface area (Å²) in [5, 5.41) is 10.1. The van der Waals surface area contributed by atoms with Gasteiger partial charge in [0.2, 0.25) is 0 Å². The van der Waals surface area contributed by atoms with Gasteiger partial charge in [0.25, 0.3) is 0 Å². The van der Waals surface area contributed by atoms with Crippen molar-refractivity contribution >= 4 is 29.2 Å². The van der Waals surface area contributed by atoms with E-state index in [0.29, 0.717) is 28.8 Å². The van der Waals surface area contributed by atoms with Gasteiger partial charge < -0.3 is 9.84 Å². The molecule has 0 aliphatic rings. The number of unbranched alkanes of at least 4 members (excludes halogenated alkanes) is 1. The van der Waals surface area contributed by atoms with Crippen molar-refractivity contribution in [2.75, 3.05) is 6.61 Å². The Morgan fingerprint density at radius 3 is 2.63 bits per heavy atom. The first-order chi connectivity index (χ1) is 8.83. The quantitative estimate of drug-likeness (QED) is 0.746. The summed E-state index contributed by atoms with van der Waals surface area (Å²) in [5.74, 6) is -0.210. The molecule has 0 aliphatic heterocycles. The van der Waals surface area contributed by atoms with Gasteiger partial charge in [0.1, 0.15) is 5.75 Å². The van der Waals surface area contributed by atoms with Crippen molar-refractivity contribution in [1.29, 1.82) is 0 Å². The first kappa shape index (κ1) is 16.1. The number of ether oxygens (including phenoxy) is 1. The van der Waals surface area contributed by atoms with Crippen molar-refractivity contribution in [1.82, 2.24) is 0 Å². The van der Waals surface area contributed by atoms with E-state index in [1.807, 2.05) is 0 Å². The van der Waals surface area contributed by atoms with Crippen LogP contribution in [0.25, 0.3) is 0 Å². The number of halogens is 2. The van der Waals surface area contributed by atoms with Gasteiger partial charge in [-0.15, -0.1) is 0 Å². The SMILES string of the molecule is CC(C)(CCCCOc1cc(Cl)ccc1Cl)C(=O)O. The van der Waals surface area contributed by atoms with E-state index in [2.05, 4.69) is 0 Å². The minimum absolute atomic E-state index is 0.496. The first-order valence-corrected chi connectivity index (χ1v) is 6.90. The third-order valence-corrected chi connectivity index (χ3v) is 3.47. The average Bonchev–Trinajstić information content (AvgIpc) is 2.32. The Morgan fingerprint density at radius 2 is 2.00 bits per heavy atom. The molecule has 0 saturated heterocycles. The maximum atomic E-state index is 10.9. The van der Waals surface area contributed by atoms with Crippen molar-refractivity contribution in [2.45, 2.75) is 33.1 Å². The van der Waals surface area contributed by atoms with Crippen LogP contribution in [0.5, 0.6) is 5.75 Å². The van der Waals surface area contributed by atoms with Gasteiger partial charge in [0.05, 0.1) is 17.0 Å². The molecule has 0 bridgehead atoms. The van der Waals surface area contributed by atoms with Crippen LogP contribution in [0.4, 0.5) is 0 Å². The monoisotopic (exact) mass is 304 g/mol. The van der Waals surface area contributed by atoms with Gasteiger partial charge in [0, 0.05) is 11.1 Å². The first-order valence-electron chi connectivity index (χ1n) is 6.14. The van der Waals surface area contributed by atoms with Crippen LogP contribution >= 0.6 is 23.2 Å². The highest BCUT2D eigenvalue weighted by atomic mass is 35.5. The number of aliphatic carboxylic acids is 1. The maximum Gasteiger partial charge on any atom is 0.309 e. The Balaban J connectivity index is 2.32. The lowest BCUT2D eigenvalue weighted by atomic mass is 9.87. The molecule has 0 aliphatic carbocycles. The zero-order valence-electron chi connectivity index (χ0n) is 11.1. The van der Waals surface area contributed by atoms with E-state index in [4.69, 9.17) is 33.0 Å². The number of carboxylic acid groups (broad SMARTS) is 1. The largest absolute Gasteiger partial charge is 0.492 e.